The number of hydrogen-bond donors (Lipinski definition) is 0. The zero-order valence-electron chi connectivity index (χ0n) is 31.1. The monoisotopic (exact) mass is 728 g/mol. The summed E-state index contributed by atoms with van der Waals surface area (Å²) in [6.07, 6.45) is 4.05. The van der Waals surface area contributed by atoms with Gasteiger partial charge in [0, 0.05) is 53.4 Å². The molecule has 0 spiro atoms. The fourth-order valence-corrected chi connectivity index (χ4v) is 6.82. The fraction of sp³-hybridized carbons (Fsp3) is 0.463. The van der Waals surface area contributed by atoms with E-state index >= 15 is 0 Å². The van der Waals surface area contributed by atoms with Gasteiger partial charge < -0.3 is 47.5 Å². The molecule has 53 heavy (non-hydrogen) atoms. The highest BCUT2D eigenvalue weighted by molar-refractivity contribution is 5.68. The summed E-state index contributed by atoms with van der Waals surface area (Å²) >= 11 is 0. The highest BCUT2D eigenvalue weighted by Crippen LogP contribution is 2.37. The number of methoxy groups -OCH3 is 2. The van der Waals surface area contributed by atoms with Gasteiger partial charge in [0.15, 0.2) is 0 Å². The van der Waals surface area contributed by atoms with Crippen molar-refractivity contribution in [3.05, 3.63) is 108 Å². The van der Waals surface area contributed by atoms with Crippen LogP contribution >= 0.6 is 0 Å². The van der Waals surface area contributed by atoms with Gasteiger partial charge in [-0.25, -0.2) is 9.78 Å². The SMILES string of the molecule is COCCCOc1ccc([C@@H]2[C@@H](OCc3ccc4c(c3)N(CCCOC)CCO4)CN(C(=O)OCc3ccccc3)C[C@H]2OCc2cncn2C)cc1. The molecule has 0 unspecified atom stereocenters. The second-order valence-corrected chi connectivity index (χ2v) is 13.4. The number of piperidine rings is 1. The Kier molecular flexibility index (Phi) is 14.0. The Morgan fingerprint density at radius 2 is 1.60 bits per heavy atom. The number of amides is 1. The molecule has 0 N–H and O–H groups in total. The number of aromatic nitrogens is 2. The number of likely N-dealkylation sites (tertiary alicyclic amines) is 1. The van der Waals surface area contributed by atoms with E-state index in [0.29, 0.717) is 52.7 Å². The van der Waals surface area contributed by atoms with Crippen LogP contribution in [0.15, 0.2) is 85.3 Å². The highest BCUT2D eigenvalue weighted by Gasteiger charge is 2.42. The van der Waals surface area contributed by atoms with Crippen LogP contribution in [0.5, 0.6) is 11.5 Å². The normalized spacial score (nSPS) is 18.4. The molecule has 3 aromatic carbocycles. The molecule has 1 amide bonds. The maximum absolute atomic E-state index is 13.7. The Labute approximate surface area is 312 Å². The van der Waals surface area contributed by atoms with Crippen LogP contribution in [0.4, 0.5) is 10.5 Å². The lowest BCUT2D eigenvalue weighted by atomic mass is 9.84. The number of imidazole rings is 1. The van der Waals surface area contributed by atoms with Crippen LogP contribution in [0, 0.1) is 0 Å². The molecule has 2 aliphatic heterocycles. The summed E-state index contributed by atoms with van der Waals surface area (Å²) in [4.78, 5) is 22.0. The summed E-state index contributed by atoms with van der Waals surface area (Å²) < 4.78 is 43.7. The molecule has 0 bridgehead atoms. The number of fused-ring (bicyclic) bond motifs is 1. The molecule has 3 atom stereocenters. The summed E-state index contributed by atoms with van der Waals surface area (Å²) in [6.45, 7) is 5.74. The maximum atomic E-state index is 13.7. The first-order valence-electron chi connectivity index (χ1n) is 18.4. The number of hydrogen-bond acceptors (Lipinski definition) is 10. The molecule has 6 rings (SSSR count). The van der Waals surface area contributed by atoms with E-state index in [1.807, 2.05) is 66.2 Å². The molecule has 0 aliphatic carbocycles. The van der Waals surface area contributed by atoms with Gasteiger partial charge in [0.2, 0.25) is 0 Å². The van der Waals surface area contributed by atoms with Crippen LogP contribution in [0.2, 0.25) is 0 Å². The van der Waals surface area contributed by atoms with Crippen LogP contribution in [0.25, 0.3) is 0 Å². The van der Waals surface area contributed by atoms with E-state index in [1.54, 1.807) is 31.6 Å². The number of ether oxygens (including phenoxy) is 7. The van der Waals surface area contributed by atoms with Crippen molar-refractivity contribution in [2.24, 2.45) is 7.05 Å². The summed E-state index contributed by atoms with van der Waals surface area (Å²) in [5.74, 6) is 1.45. The second kappa shape index (κ2) is 19.5. The quantitative estimate of drug-likeness (QED) is 0.114. The van der Waals surface area contributed by atoms with Gasteiger partial charge in [-0.2, -0.15) is 0 Å². The second-order valence-electron chi connectivity index (χ2n) is 13.4. The molecule has 2 aliphatic rings. The number of benzene rings is 3. The van der Waals surface area contributed by atoms with Crippen molar-refractivity contribution >= 4 is 11.8 Å². The first-order chi connectivity index (χ1) is 26.0. The van der Waals surface area contributed by atoms with E-state index in [1.165, 1.54) is 0 Å². The Morgan fingerprint density at radius 1 is 0.849 bits per heavy atom. The van der Waals surface area contributed by atoms with Gasteiger partial charge in [-0.15, -0.1) is 0 Å². The van der Waals surface area contributed by atoms with E-state index in [-0.39, 0.29) is 12.5 Å². The Hall–Kier alpha value is -4.62. The first kappa shape index (κ1) is 38.1. The molecule has 12 heteroatoms. The largest absolute Gasteiger partial charge is 0.494 e. The third-order valence-corrected chi connectivity index (χ3v) is 9.68. The van der Waals surface area contributed by atoms with Gasteiger partial charge in [0.05, 0.1) is 75.6 Å². The maximum Gasteiger partial charge on any atom is 0.410 e. The molecule has 1 fully saturated rings. The third kappa shape index (κ3) is 10.5. The minimum absolute atomic E-state index is 0.176. The third-order valence-electron chi connectivity index (χ3n) is 9.68. The molecule has 4 aromatic rings. The molecular weight excluding hydrogens is 676 g/mol. The predicted octanol–water partition coefficient (Wildman–Crippen LogP) is 5.98. The fourth-order valence-electron chi connectivity index (χ4n) is 6.82. The Balaban J connectivity index is 1.25. The Bertz CT molecular complexity index is 1700. The standard InChI is InChI=1S/C41H52N4O8/c1-43-30-42-24-34(43)29-52-39-26-45(41(46)53-27-31-9-5-4-6-10-31)25-38(40(39)33-12-14-35(15-13-33)49-21-8-20-48-3)51-28-32-11-16-37-36(23-32)44(18-22-50-37)17-7-19-47-2/h4-6,9-16,23-24,30,38-40H,7-8,17-22,25-29H2,1-3H3/t38-,39+,40+/m0/s1. The summed E-state index contributed by atoms with van der Waals surface area (Å²) in [5, 5.41) is 0. The topological polar surface area (TPSA) is 106 Å². The average molecular weight is 729 g/mol. The lowest BCUT2D eigenvalue weighted by Crippen LogP contribution is -2.54. The van der Waals surface area contributed by atoms with Crippen LogP contribution in [0.3, 0.4) is 0 Å². The molecule has 1 saturated heterocycles. The number of aryl methyl sites for hydroxylation is 1. The van der Waals surface area contributed by atoms with Crippen LogP contribution < -0.4 is 14.4 Å². The zero-order chi connectivity index (χ0) is 36.8. The summed E-state index contributed by atoms with van der Waals surface area (Å²) in [6, 6.07) is 24.0. The van der Waals surface area contributed by atoms with Crippen molar-refractivity contribution in [3.63, 3.8) is 0 Å². The van der Waals surface area contributed by atoms with Gasteiger partial charge in [0.1, 0.15) is 24.7 Å². The molecule has 1 aromatic heterocycles. The van der Waals surface area contributed by atoms with Crippen molar-refractivity contribution in [1.29, 1.82) is 0 Å². The van der Waals surface area contributed by atoms with E-state index in [4.69, 9.17) is 33.2 Å². The minimum atomic E-state index is -0.414. The van der Waals surface area contributed by atoms with Gasteiger partial charge in [0.25, 0.3) is 0 Å². The molecular formula is C41H52N4O8. The van der Waals surface area contributed by atoms with Crippen molar-refractivity contribution in [2.75, 3.05) is 71.7 Å². The van der Waals surface area contributed by atoms with Gasteiger partial charge >= 0.3 is 6.09 Å². The number of nitrogens with zero attached hydrogens (tertiary/aromatic N) is 4. The Morgan fingerprint density at radius 3 is 2.34 bits per heavy atom. The molecule has 0 radical (unpaired) electrons. The number of rotatable bonds is 18. The molecule has 12 nitrogen and oxygen atoms in total. The van der Waals surface area contributed by atoms with Crippen molar-refractivity contribution in [1.82, 2.24) is 14.5 Å². The lowest BCUT2D eigenvalue weighted by Gasteiger charge is -2.43. The van der Waals surface area contributed by atoms with E-state index < -0.39 is 18.3 Å². The molecule has 0 saturated carbocycles. The first-order valence-corrected chi connectivity index (χ1v) is 18.4. The summed E-state index contributed by atoms with van der Waals surface area (Å²) in [5.41, 5.74) is 4.95. The van der Waals surface area contributed by atoms with Crippen molar-refractivity contribution in [2.45, 2.75) is 50.8 Å². The molecule has 3 heterocycles. The number of anilines is 1. The number of carbonyl (C=O) groups excluding carboxylic acids is 1. The van der Waals surface area contributed by atoms with E-state index in [2.05, 4.69) is 28.1 Å². The van der Waals surface area contributed by atoms with Gasteiger partial charge in [-0.1, -0.05) is 48.5 Å². The van der Waals surface area contributed by atoms with Crippen LogP contribution in [-0.4, -0.2) is 99.6 Å². The predicted molar refractivity (Wildman–Crippen MR) is 200 cm³/mol. The lowest BCUT2D eigenvalue weighted by molar-refractivity contribution is -0.0967. The van der Waals surface area contributed by atoms with Gasteiger partial charge in [-0.3, -0.25) is 0 Å². The molecule has 284 valence electrons. The zero-order valence-corrected chi connectivity index (χ0v) is 31.1. The van der Waals surface area contributed by atoms with E-state index in [9.17, 15) is 4.79 Å². The van der Waals surface area contributed by atoms with Crippen molar-refractivity contribution < 1.29 is 38.0 Å². The number of carbonyl (C=O) groups is 1. The summed E-state index contributed by atoms with van der Waals surface area (Å²) in [7, 11) is 5.36. The van der Waals surface area contributed by atoms with E-state index in [0.717, 1.165) is 65.5 Å². The van der Waals surface area contributed by atoms with Crippen LogP contribution in [-0.2, 0) is 50.6 Å². The van der Waals surface area contributed by atoms with Gasteiger partial charge in [-0.05, 0) is 47.4 Å². The van der Waals surface area contributed by atoms with Crippen molar-refractivity contribution in [3.8, 4) is 11.5 Å². The minimum Gasteiger partial charge on any atom is -0.494 e. The highest BCUT2D eigenvalue weighted by atomic mass is 16.6. The average Bonchev–Trinajstić information content (AvgIpc) is 3.61. The van der Waals surface area contributed by atoms with Crippen LogP contribution in [0.1, 0.15) is 41.1 Å². The smallest absolute Gasteiger partial charge is 0.410 e.